The van der Waals surface area contributed by atoms with Crippen LogP contribution in [0.5, 0.6) is 0 Å². The first kappa shape index (κ1) is 13.6. The number of hydrogen-bond acceptors (Lipinski definition) is 5. The highest BCUT2D eigenvalue weighted by atomic mass is 32.2. The summed E-state index contributed by atoms with van der Waals surface area (Å²) in [5.74, 6) is 0.0466. The van der Waals surface area contributed by atoms with Crippen LogP contribution in [0.3, 0.4) is 0 Å². The molecule has 0 saturated carbocycles. The maximum atomic E-state index is 12.0. The molecule has 0 spiro atoms. The highest BCUT2D eigenvalue weighted by molar-refractivity contribution is 7.90. The molecule has 0 fully saturated rings. The van der Waals surface area contributed by atoms with Crippen LogP contribution in [0.25, 0.3) is 22.2 Å². The van der Waals surface area contributed by atoms with Gasteiger partial charge in [0.05, 0.1) is 11.9 Å². The van der Waals surface area contributed by atoms with Crippen LogP contribution >= 0.6 is 0 Å². The zero-order valence-electron chi connectivity index (χ0n) is 11.6. The lowest BCUT2D eigenvalue weighted by atomic mass is 10.1. The van der Waals surface area contributed by atoms with E-state index >= 15 is 0 Å². The van der Waals surface area contributed by atoms with Crippen LogP contribution in [0.4, 0.5) is 5.95 Å². The van der Waals surface area contributed by atoms with Gasteiger partial charge in [0.2, 0.25) is 5.95 Å². The molecule has 0 aliphatic heterocycles. The lowest BCUT2D eigenvalue weighted by Crippen LogP contribution is -2.05. The highest BCUT2D eigenvalue weighted by Crippen LogP contribution is 2.32. The second-order valence-corrected chi connectivity index (χ2v) is 6.87. The van der Waals surface area contributed by atoms with Crippen molar-refractivity contribution in [1.29, 1.82) is 0 Å². The second kappa shape index (κ2) is 4.56. The molecule has 0 atom stereocenters. The fourth-order valence-corrected chi connectivity index (χ4v) is 3.13. The molecule has 7 heteroatoms. The Balaban J connectivity index is 2.41. The Morgan fingerprint density at radius 3 is 2.67 bits per heavy atom. The molecule has 0 amide bonds. The molecule has 1 aromatic carbocycles. The van der Waals surface area contributed by atoms with Crippen molar-refractivity contribution < 1.29 is 8.42 Å². The van der Waals surface area contributed by atoms with E-state index in [0.29, 0.717) is 5.69 Å². The number of sulfone groups is 1. The third kappa shape index (κ3) is 2.25. The Kier molecular flexibility index (Phi) is 2.94. The molecular weight excluding hydrogens is 288 g/mol. The maximum Gasteiger partial charge on any atom is 0.220 e. The molecule has 0 unspecified atom stereocenters. The number of nitrogens with zero attached hydrogens (tertiary/aromatic N) is 3. The quantitative estimate of drug-likeness (QED) is 0.776. The summed E-state index contributed by atoms with van der Waals surface area (Å²) in [5, 5.41) is 0.919. The van der Waals surface area contributed by atoms with Crippen LogP contribution in [-0.2, 0) is 16.9 Å². The number of fused-ring (bicyclic) bond motifs is 1. The van der Waals surface area contributed by atoms with Gasteiger partial charge in [-0.05, 0) is 6.07 Å². The predicted octanol–water partition coefficient (Wildman–Crippen LogP) is 1.62. The van der Waals surface area contributed by atoms with E-state index in [1.165, 1.54) is 6.20 Å². The van der Waals surface area contributed by atoms with Gasteiger partial charge < -0.3 is 10.3 Å². The SMILES string of the molecule is Cn1cc(-c2nc(N)ncc2S(C)(=O)=O)c2ccccc21. The van der Waals surface area contributed by atoms with Crippen molar-refractivity contribution in [2.45, 2.75) is 4.90 Å². The van der Waals surface area contributed by atoms with Crippen LogP contribution < -0.4 is 5.73 Å². The van der Waals surface area contributed by atoms with E-state index in [1.54, 1.807) is 0 Å². The fraction of sp³-hybridized carbons (Fsp3) is 0.143. The molecule has 0 saturated heterocycles. The summed E-state index contributed by atoms with van der Waals surface area (Å²) in [7, 11) is -1.55. The summed E-state index contributed by atoms with van der Waals surface area (Å²) < 4.78 is 25.8. The molecule has 3 aromatic rings. The standard InChI is InChI=1S/C14H14N4O2S/c1-18-8-10(9-5-3-4-6-11(9)18)13-12(21(2,19)20)7-16-14(15)17-13/h3-8H,1-2H3,(H2,15,16,17). The Hall–Kier alpha value is -2.41. The molecule has 0 aliphatic carbocycles. The van der Waals surface area contributed by atoms with Crippen molar-refractivity contribution in [3.8, 4) is 11.3 Å². The van der Waals surface area contributed by atoms with Gasteiger partial charge in [0, 0.05) is 36.0 Å². The molecular formula is C14H14N4O2S. The molecule has 3 rings (SSSR count). The summed E-state index contributed by atoms with van der Waals surface area (Å²) >= 11 is 0. The van der Waals surface area contributed by atoms with Crippen molar-refractivity contribution in [3.05, 3.63) is 36.7 Å². The van der Waals surface area contributed by atoms with Gasteiger partial charge in [-0.15, -0.1) is 0 Å². The summed E-state index contributed by atoms with van der Waals surface area (Å²) in [6.45, 7) is 0. The minimum absolute atomic E-state index is 0.0466. The van der Waals surface area contributed by atoms with E-state index in [1.807, 2.05) is 42.1 Å². The van der Waals surface area contributed by atoms with Crippen molar-refractivity contribution in [3.63, 3.8) is 0 Å². The monoisotopic (exact) mass is 302 g/mol. The third-order valence-electron chi connectivity index (χ3n) is 3.33. The molecule has 0 radical (unpaired) electrons. The zero-order valence-corrected chi connectivity index (χ0v) is 12.4. The van der Waals surface area contributed by atoms with Gasteiger partial charge >= 0.3 is 0 Å². The minimum atomic E-state index is -3.45. The number of aromatic nitrogens is 3. The van der Waals surface area contributed by atoms with E-state index in [-0.39, 0.29) is 10.8 Å². The largest absolute Gasteiger partial charge is 0.368 e. The van der Waals surface area contributed by atoms with Crippen molar-refractivity contribution in [1.82, 2.24) is 14.5 Å². The zero-order chi connectivity index (χ0) is 15.2. The molecule has 2 heterocycles. The van der Waals surface area contributed by atoms with Gasteiger partial charge in [-0.1, -0.05) is 18.2 Å². The number of benzene rings is 1. The third-order valence-corrected chi connectivity index (χ3v) is 4.42. The van der Waals surface area contributed by atoms with E-state index < -0.39 is 9.84 Å². The summed E-state index contributed by atoms with van der Waals surface area (Å²) in [5.41, 5.74) is 7.68. The second-order valence-electron chi connectivity index (χ2n) is 4.88. The van der Waals surface area contributed by atoms with Gasteiger partial charge in [-0.3, -0.25) is 0 Å². The van der Waals surface area contributed by atoms with Crippen molar-refractivity contribution in [2.75, 3.05) is 12.0 Å². The smallest absolute Gasteiger partial charge is 0.220 e. The van der Waals surface area contributed by atoms with Crippen LogP contribution in [0.2, 0.25) is 0 Å². The fourth-order valence-electron chi connectivity index (χ4n) is 2.38. The lowest BCUT2D eigenvalue weighted by molar-refractivity contribution is 0.601. The Morgan fingerprint density at radius 2 is 1.95 bits per heavy atom. The molecule has 2 N–H and O–H groups in total. The predicted molar refractivity (Wildman–Crippen MR) is 81.5 cm³/mol. The number of aryl methyl sites for hydroxylation is 1. The maximum absolute atomic E-state index is 12.0. The average molecular weight is 302 g/mol. The number of nitrogen functional groups attached to an aromatic ring is 1. The number of nitrogens with two attached hydrogens (primary N) is 1. The average Bonchev–Trinajstić information content (AvgIpc) is 2.75. The van der Waals surface area contributed by atoms with Crippen LogP contribution in [-0.4, -0.2) is 29.2 Å². The highest BCUT2D eigenvalue weighted by Gasteiger charge is 2.20. The van der Waals surface area contributed by atoms with E-state index in [4.69, 9.17) is 5.73 Å². The molecule has 108 valence electrons. The van der Waals surface area contributed by atoms with Crippen LogP contribution in [0, 0.1) is 0 Å². The van der Waals surface area contributed by atoms with Gasteiger partial charge in [0.25, 0.3) is 0 Å². The Bertz CT molecular complexity index is 945. The van der Waals surface area contributed by atoms with E-state index in [2.05, 4.69) is 9.97 Å². The number of rotatable bonds is 2. The Morgan fingerprint density at radius 1 is 1.24 bits per heavy atom. The van der Waals surface area contributed by atoms with Crippen LogP contribution in [0.1, 0.15) is 0 Å². The first-order valence-corrected chi connectivity index (χ1v) is 8.14. The first-order valence-electron chi connectivity index (χ1n) is 6.25. The molecule has 6 nitrogen and oxygen atoms in total. The molecule has 21 heavy (non-hydrogen) atoms. The number of anilines is 1. The van der Waals surface area contributed by atoms with E-state index in [9.17, 15) is 8.42 Å². The minimum Gasteiger partial charge on any atom is -0.368 e. The first-order chi connectivity index (χ1) is 9.88. The van der Waals surface area contributed by atoms with Gasteiger partial charge in [-0.2, -0.15) is 0 Å². The van der Waals surface area contributed by atoms with E-state index in [0.717, 1.165) is 22.7 Å². The van der Waals surface area contributed by atoms with Crippen LogP contribution in [0.15, 0.2) is 41.6 Å². The van der Waals surface area contributed by atoms with Crippen molar-refractivity contribution in [2.24, 2.45) is 7.05 Å². The number of para-hydroxylation sites is 1. The summed E-state index contributed by atoms with van der Waals surface area (Å²) in [6.07, 6.45) is 4.24. The molecule has 0 bridgehead atoms. The van der Waals surface area contributed by atoms with Gasteiger partial charge in [0.1, 0.15) is 4.90 Å². The van der Waals surface area contributed by atoms with Gasteiger partial charge in [-0.25, -0.2) is 18.4 Å². The van der Waals surface area contributed by atoms with Crippen molar-refractivity contribution >= 4 is 26.7 Å². The summed E-state index contributed by atoms with van der Waals surface area (Å²) in [4.78, 5) is 8.02. The molecule has 0 aliphatic rings. The molecule has 2 aromatic heterocycles. The Labute approximate surface area is 122 Å². The number of hydrogen-bond donors (Lipinski definition) is 1. The summed E-state index contributed by atoms with van der Waals surface area (Å²) in [6, 6.07) is 7.72. The normalized spacial score (nSPS) is 11.9. The topological polar surface area (TPSA) is 90.9 Å². The lowest BCUT2D eigenvalue weighted by Gasteiger charge is -2.06. The van der Waals surface area contributed by atoms with Gasteiger partial charge in [0.15, 0.2) is 9.84 Å².